The van der Waals surface area contributed by atoms with Crippen LogP contribution in [0.5, 0.6) is 5.75 Å². The van der Waals surface area contributed by atoms with Gasteiger partial charge in [-0.2, -0.15) is 0 Å². The fraction of sp³-hybridized carbons (Fsp3) is 0.357. The van der Waals surface area contributed by atoms with E-state index in [0.29, 0.717) is 29.6 Å². The van der Waals surface area contributed by atoms with Crippen molar-refractivity contribution in [2.24, 2.45) is 0 Å². The Morgan fingerprint density at radius 2 is 1.63 bits per heavy atom. The van der Waals surface area contributed by atoms with Crippen LogP contribution in [0.2, 0.25) is 5.02 Å². The number of nitrogens with zero attached hydrogens (tertiary/aromatic N) is 2. The van der Waals surface area contributed by atoms with Gasteiger partial charge in [0, 0.05) is 17.6 Å². The maximum absolute atomic E-state index is 13.6. The van der Waals surface area contributed by atoms with Gasteiger partial charge >= 0.3 is 0 Å². The minimum absolute atomic E-state index is 0.0149. The molecule has 2 aromatic carbocycles. The molecular weight excluding hydrogens is 464 g/mol. The van der Waals surface area contributed by atoms with Crippen LogP contribution in [-0.4, -0.2) is 40.8 Å². The maximum atomic E-state index is 13.6. The highest BCUT2D eigenvalue weighted by Crippen LogP contribution is 2.24. The largest absolute Gasteiger partial charge is 0.484 e. The molecule has 0 unspecified atom stereocenters. The van der Waals surface area contributed by atoms with Gasteiger partial charge in [-0.15, -0.1) is 0 Å². The van der Waals surface area contributed by atoms with Crippen LogP contribution < -0.4 is 4.74 Å². The number of amides is 2. The van der Waals surface area contributed by atoms with Crippen molar-refractivity contribution in [1.82, 2.24) is 9.80 Å². The van der Waals surface area contributed by atoms with Gasteiger partial charge in [-0.1, -0.05) is 61.2 Å². The summed E-state index contributed by atoms with van der Waals surface area (Å²) in [5.74, 6) is 0.977. The van der Waals surface area contributed by atoms with Crippen LogP contribution in [0.3, 0.4) is 0 Å². The first kappa shape index (κ1) is 24.9. The smallest absolute Gasteiger partial charge is 0.261 e. The van der Waals surface area contributed by atoms with E-state index in [-0.39, 0.29) is 31.0 Å². The van der Waals surface area contributed by atoms with Gasteiger partial charge < -0.3 is 19.0 Å². The van der Waals surface area contributed by atoms with Gasteiger partial charge in [0.25, 0.3) is 5.91 Å². The lowest BCUT2D eigenvalue weighted by molar-refractivity contribution is -0.145. The van der Waals surface area contributed by atoms with Gasteiger partial charge in [-0.3, -0.25) is 9.59 Å². The predicted molar refractivity (Wildman–Crippen MR) is 135 cm³/mol. The number of carbonyl (C=O) groups excluding carboxylic acids is 2. The van der Waals surface area contributed by atoms with E-state index in [0.717, 1.165) is 37.7 Å². The molecule has 35 heavy (non-hydrogen) atoms. The molecule has 6 nitrogen and oxygen atoms in total. The number of benzene rings is 2. The third kappa shape index (κ3) is 7.36. The van der Waals surface area contributed by atoms with E-state index in [2.05, 4.69) is 0 Å². The number of furan rings is 1. The van der Waals surface area contributed by atoms with Crippen molar-refractivity contribution in [2.45, 2.75) is 51.2 Å². The molecule has 1 aliphatic carbocycles. The molecule has 1 saturated carbocycles. The van der Waals surface area contributed by atoms with Crippen molar-refractivity contribution in [3.8, 4) is 5.75 Å². The number of carbonyl (C=O) groups is 2. The average molecular weight is 495 g/mol. The molecule has 1 aliphatic rings. The first-order valence-electron chi connectivity index (χ1n) is 12.1. The molecule has 4 rings (SSSR count). The maximum Gasteiger partial charge on any atom is 0.261 e. The van der Waals surface area contributed by atoms with Gasteiger partial charge in [0.15, 0.2) is 6.61 Å². The van der Waals surface area contributed by atoms with Crippen LogP contribution in [0.1, 0.15) is 43.4 Å². The second-order valence-electron chi connectivity index (χ2n) is 8.87. The van der Waals surface area contributed by atoms with E-state index >= 15 is 0 Å². The second kappa shape index (κ2) is 12.5. The van der Waals surface area contributed by atoms with Crippen molar-refractivity contribution < 1.29 is 18.7 Å². The standard InChI is InChI=1S/C28H31ClN2O4/c29-23-13-15-25(16-14-23)35-21-28(33)31(24-10-5-2-6-11-24)20-27(32)30(19-26-12-7-17-34-26)18-22-8-3-1-4-9-22/h1,3-4,7-9,12-17,24H,2,5-6,10-11,18-21H2. The van der Waals surface area contributed by atoms with Crippen LogP contribution in [0, 0.1) is 0 Å². The van der Waals surface area contributed by atoms with E-state index in [1.54, 1.807) is 40.3 Å². The zero-order valence-electron chi connectivity index (χ0n) is 19.8. The second-order valence-corrected chi connectivity index (χ2v) is 9.31. The Labute approximate surface area is 211 Å². The van der Waals surface area contributed by atoms with Crippen LogP contribution in [0.25, 0.3) is 0 Å². The molecule has 0 radical (unpaired) electrons. The average Bonchev–Trinajstić information content (AvgIpc) is 3.40. The number of hydrogen-bond donors (Lipinski definition) is 0. The fourth-order valence-electron chi connectivity index (χ4n) is 4.44. The Hall–Kier alpha value is -3.25. The van der Waals surface area contributed by atoms with Crippen LogP contribution in [0.4, 0.5) is 0 Å². The van der Waals surface area contributed by atoms with Gasteiger partial charge in [0.1, 0.15) is 18.1 Å². The lowest BCUT2D eigenvalue weighted by Crippen LogP contribution is -2.49. The molecule has 1 fully saturated rings. The minimum atomic E-state index is -0.183. The molecule has 0 N–H and O–H groups in total. The van der Waals surface area contributed by atoms with Crippen molar-refractivity contribution in [3.63, 3.8) is 0 Å². The van der Waals surface area contributed by atoms with Crippen molar-refractivity contribution in [1.29, 1.82) is 0 Å². The van der Waals surface area contributed by atoms with Gasteiger partial charge in [0.2, 0.25) is 5.91 Å². The molecule has 0 spiro atoms. The summed E-state index contributed by atoms with van der Waals surface area (Å²) in [7, 11) is 0. The van der Waals surface area contributed by atoms with Gasteiger partial charge in [0.05, 0.1) is 12.8 Å². The summed E-state index contributed by atoms with van der Waals surface area (Å²) in [6.07, 6.45) is 6.67. The van der Waals surface area contributed by atoms with Crippen molar-refractivity contribution in [2.75, 3.05) is 13.2 Å². The van der Waals surface area contributed by atoms with Crippen molar-refractivity contribution in [3.05, 3.63) is 89.3 Å². The molecule has 7 heteroatoms. The Bertz CT molecular complexity index is 1060. The minimum Gasteiger partial charge on any atom is -0.484 e. The quantitative estimate of drug-likeness (QED) is 0.362. The SMILES string of the molecule is O=C(CN(C(=O)COc1ccc(Cl)cc1)C1CCCCC1)N(Cc1ccccc1)Cc1ccco1. The van der Waals surface area contributed by atoms with Crippen LogP contribution >= 0.6 is 11.6 Å². The van der Waals surface area contributed by atoms with Crippen molar-refractivity contribution >= 4 is 23.4 Å². The fourth-order valence-corrected chi connectivity index (χ4v) is 4.57. The molecule has 0 aliphatic heterocycles. The summed E-state index contributed by atoms with van der Waals surface area (Å²) < 4.78 is 11.2. The number of halogens is 1. The summed E-state index contributed by atoms with van der Waals surface area (Å²) in [6, 6.07) is 20.5. The summed E-state index contributed by atoms with van der Waals surface area (Å²) in [5, 5.41) is 0.605. The normalized spacial score (nSPS) is 13.9. The van der Waals surface area contributed by atoms with E-state index in [1.807, 2.05) is 42.5 Å². The molecule has 1 aromatic heterocycles. The lowest BCUT2D eigenvalue weighted by atomic mass is 9.94. The number of ether oxygens (including phenoxy) is 1. The van der Waals surface area contributed by atoms with Crippen LogP contribution in [0.15, 0.2) is 77.4 Å². The molecule has 0 saturated heterocycles. The van der Waals surface area contributed by atoms with Crippen LogP contribution in [-0.2, 0) is 22.7 Å². The summed E-state index contributed by atoms with van der Waals surface area (Å²) in [4.78, 5) is 30.3. The van der Waals surface area contributed by atoms with E-state index in [9.17, 15) is 9.59 Å². The third-order valence-corrected chi connectivity index (χ3v) is 6.57. The molecule has 0 atom stereocenters. The number of hydrogen-bond acceptors (Lipinski definition) is 4. The summed E-state index contributed by atoms with van der Waals surface area (Å²) >= 11 is 5.94. The first-order chi connectivity index (χ1) is 17.1. The summed E-state index contributed by atoms with van der Waals surface area (Å²) in [6.45, 7) is 0.673. The number of rotatable bonds is 10. The monoisotopic (exact) mass is 494 g/mol. The highest BCUT2D eigenvalue weighted by atomic mass is 35.5. The molecule has 1 heterocycles. The molecule has 3 aromatic rings. The Morgan fingerprint density at radius 3 is 2.31 bits per heavy atom. The Balaban J connectivity index is 1.48. The van der Waals surface area contributed by atoms with E-state index < -0.39 is 0 Å². The third-order valence-electron chi connectivity index (χ3n) is 6.31. The predicted octanol–water partition coefficient (Wildman–Crippen LogP) is 5.70. The van der Waals surface area contributed by atoms with E-state index in [1.165, 1.54) is 0 Å². The topological polar surface area (TPSA) is 63.0 Å². The first-order valence-corrected chi connectivity index (χ1v) is 12.5. The zero-order valence-corrected chi connectivity index (χ0v) is 20.5. The Morgan fingerprint density at radius 1 is 0.886 bits per heavy atom. The molecular formula is C28H31ClN2O4. The highest BCUT2D eigenvalue weighted by Gasteiger charge is 2.29. The van der Waals surface area contributed by atoms with E-state index in [4.69, 9.17) is 20.8 Å². The molecule has 2 amide bonds. The molecule has 184 valence electrons. The van der Waals surface area contributed by atoms with Gasteiger partial charge in [-0.05, 0) is 54.8 Å². The summed E-state index contributed by atoms with van der Waals surface area (Å²) in [5.41, 5.74) is 1.02. The van der Waals surface area contributed by atoms with Gasteiger partial charge in [-0.25, -0.2) is 0 Å². The highest BCUT2D eigenvalue weighted by molar-refractivity contribution is 6.30. The Kier molecular flexibility index (Phi) is 8.85. The zero-order chi connectivity index (χ0) is 24.5. The molecule has 0 bridgehead atoms. The lowest BCUT2D eigenvalue weighted by Gasteiger charge is -2.35.